The Morgan fingerprint density at radius 3 is 2.54 bits per heavy atom. The van der Waals surface area contributed by atoms with Crippen molar-refractivity contribution in [1.29, 1.82) is 0 Å². The summed E-state index contributed by atoms with van der Waals surface area (Å²) in [5, 5.41) is 6.59. The summed E-state index contributed by atoms with van der Waals surface area (Å²) >= 11 is 7.74. The van der Waals surface area contributed by atoms with Crippen LogP contribution in [-0.4, -0.2) is 17.5 Å². The Hall–Kier alpha value is -2.37. The molecule has 0 aliphatic heterocycles. The van der Waals surface area contributed by atoms with Crippen LogP contribution in [-0.2, 0) is 4.79 Å². The molecule has 1 heterocycles. The van der Waals surface area contributed by atoms with Crippen molar-refractivity contribution < 1.29 is 9.53 Å². The van der Waals surface area contributed by atoms with Gasteiger partial charge >= 0.3 is 0 Å². The van der Waals surface area contributed by atoms with Crippen molar-refractivity contribution in [2.75, 3.05) is 11.9 Å². The van der Waals surface area contributed by atoms with Crippen LogP contribution in [0.4, 0.5) is 5.69 Å². The first-order chi connectivity index (χ1) is 12.4. The molecule has 0 atom stereocenters. The van der Waals surface area contributed by atoms with Gasteiger partial charge in [0.15, 0.2) is 6.61 Å². The number of nitrogens with zero attached hydrogens (tertiary/aromatic N) is 1. The molecule has 3 rings (SSSR count). The number of amides is 1. The molecular formula is C20H19ClN2O2S. The molecule has 6 heteroatoms. The first-order valence-corrected chi connectivity index (χ1v) is 9.40. The Morgan fingerprint density at radius 1 is 1.19 bits per heavy atom. The van der Waals surface area contributed by atoms with Crippen LogP contribution in [0.1, 0.15) is 16.1 Å². The third kappa shape index (κ3) is 4.23. The van der Waals surface area contributed by atoms with Crippen LogP contribution in [0.25, 0.3) is 11.3 Å². The standard InChI is InChI=1S/C20H19ClN2O2S/c1-12-8-15(9-13(2)20(12)21)25-10-19(24)23-17-7-5-4-6-16(17)18-11-26-14(3)22-18/h4-9,11H,10H2,1-3H3,(H,23,24). The minimum Gasteiger partial charge on any atom is -0.484 e. The molecule has 0 fully saturated rings. The van der Waals surface area contributed by atoms with E-state index in [4.69, 9.17) is 16.3 Å². The highest BCUT2D eigenvalue weighted by molar-refractivity contribution is 7.09. The fraction of sp³-hybridized carbons (Fsp3) is 0.200. The number of hydrogen-bond acceptors (Lipinski definition) is 4. The average Bonchev–Trinajstić information content (AvgIpc) is 3.04. The van der Waals surface area contributed by atoms with Crippen LogP contribution in [0.15, 0.2) is 41.8 Å². The first-order valence-electron chi connectivity index (χ1n) is 8.15. The van der Waals surface area contributed by atoms with Crippen LogP contribution in [0.2, 0.25) is 5.02 Å². The second-order valence-electron chi connectivity index (χ2n) is 6.01. The molecule has 0 aliphatic rings. The van der Waals surface area contributed by atoms with Gasteiger partial charge in [0.05, 0.1) is 16.4 Å². The van der Waals surface area contributed by atoms with E-state index >= 15 is 0 Å². The van der Waals surface area contributed by atoms with Gasteiger partial charge in [-0.05, 0) is 50.1 Å². The molecule has 0 spiro atoms. The maximum Gasteiger partial charge on any atom is 0.262 e. The molecule has 0 saturated carbocycles. The number of nitrogens with one attached hydrogen (secondary N) is 1. The summed E-state index contributed by atoms with van der Waals surface area (Å²) in [6, 6.07) is 11.3. The van der Waals surface area contributed by atoms with Gasteiger partial charge in [0, 0.05) is 16.0 Å². The first kappa shape index (κ1) is 18.4. The number of ether oxygens (including phenoxy) is 1. The number of carbonyl (C=O) groups is 1. The van der Waals surface area contributed by atoms with Crippen molar-refractivity contribution in [1.82, 2.24) is 4.98 Å². The number of anilines is 1. The zero-order valence-corrected chi connectivity index (χ0v) is 16.4. The van der Waals surface area contributed by atoms with Gasteiger partial charge in [-0.15, -0.1) is 11.3 Å². The van der Waals surface area contributed by atoms with Gasteiger partial charge in [-0.1, -0.05) is 29.8 Å². The molecule has 2 aromatic carbocycles. The van der Waals surface area contributed by atoms with Gasteiger partial charge in [-0.3, -0.25) is 4.79 Å². The van der Waals surface area contributed by atoms with Crippen LogP contribution < -0.4 is 10.1 Å². The molecule has 1 aromatic heterocycles. The Balaban J connectivity index is 1.69. The fourth-order valence-corrected chi connectivity index (χ4v) is 3.35. The number of hydrogen-bond donors (Lipinski definition) is 1. The Bertz CT molecular complexity index is 929. The van der Waals surface area contributed by atoms with Gasteiger partial charge in [-0.2, -0.15) is 0 Å². The molecule has 134 valence electrons. The van der Waals surface area contributed by atoms with E-state index < -0.39 is 0 Å². The second kappa shape index (κ2) is 7.89. The molecule has 0 radical (unpaired) electrons. The molecule has 0 aliphatic carbocycles. The maximum atomic E-state index is 12.3. The number of aryl methyl sites for hydroxylation is 3. The summed E-state index contributed by atoms with van der Waals surface area (Å²) in [4.78, 5) is 16.8. The molecule has 3 aromatic rings. The van der Waals surface area contributed by atoms with Crippen molar-refractivity contribution in [2.45, 2.75) is 20.8 Å². The molecular weight excluding hydrogens is 368 g/mol. The third-order valence-corrected chi connectivity index (χ3v) is 5.25. The van der Waals surface area contributed by atoms with E-state index in [0.717, 1.165) is 33.1 Å². The summed E-state index contributed by atoms with van der Waals surface area (Å²) in [6.45, 7) is 5.70. The third-order valence-electron chi connectivity index (χ3n) is 3.88. The SMILES string of the molecule is Cc1nc(-c2ccccc2NC(=O)COc2cc(C)c(Cl)c(C)c2)cs1. The van der Waals surface area contributed by atoms with Crippen molar-refractivity contribution >= 4 is 34.5 Å². The van der Waals surface area contributed by atoms with E-state index in [1.807, 2.05) is 62.5 Å². The van der Waals surface area contributed by atoms with E-state index in [9.17, 15) is 4.79 Å². The van der Waals surface area contributed by atoms with Crippen molar-refractivity contribution in [3.8, 4) is 17.0 Å². The van der Waals surface area contributed by atoms with E-state index in [1.165, 1.54) is 0 Å². The number of para-hydroxylation sites is 1. The quantitative estimate of drug-likeness (QED) is 0.638. The minimum absolute atomic E-state index is 0.0784. The van der Waals surface area contributed by atoms with E-state index in [1.54, 1.807) is 11.3 Å². The van der Waals surface area contributed by atoms with Crippen molar-refractivity contribution in [3.63, 3.8) is 0 Å². The molecule has 0 saturated heterocycles. The minimum atomic E-state index is -0.227. The van der Waals surface area contributed by atoms with Gasteiger partial charge < -0.3 is 10.1 Å². The summed E-state index contributed by atoms with van der Waals surface area (Å²) in [6.07, 6.45) is 0. The lowest BCUT2D eigenvalue weighted by molar-refractivity contribution is -0.118. The lowest BCUT2D eigenvalue weighted by atomic mass is 10.1. The van der Waals surface area contributed by atoms with Gasteiger partial charge in [0.25, 0.3) is 5.91 Å². The van der Waals surface area contributed by atoms with Gasteiger partial charge in [0.1, 0.15) is 5.75 Å². The highest BCUT2D eigenvalue weighted by Crippen LogP contribution is 2.29. The molecule has 1 amide bonds. The Kier molecular flexibility index (Phi) is 5.59. The Labute approximate surface area is 161 Å². The smallest absolute Gasteiger partial charge is 0.262 e. The number of thiazole rings is 1. The Morgan fingerprint density at radius 2 is 1.88 bits per heavy atom. The molecule has 1 N–H and O–H groups in total. The van der Waals surface area contributed by atoms with Crippen molar-refractivity contribution in [2.24, 2.45) is 0 Å². The predicted octanol–water partition coefficient (Wildman–Crippen LogP) is 5.41. The van der Waals surface area contributed by atoms with Gasteiger partial charge in [0.2, 0.25) is 0 Å². The number of aromatic nitrogens is 1. The largest absolute Gasteiger partial charge is 0.484 e. The molecule has 26 heavy (non-hydrogen) atoms. The highest BCUT2D eigenvalue weighted by atomic mass is 35.5. The fourth-order valence-electron chi connectivity index (χ4n) is 2.63. The predicted molar refractivity (Wildman–Crippen MR) is 107 cm³/mol. The maximum absolute atomic E-state index is 12.3. The van der Waals surface area contributed by atoms with Gasteiger partial charge in [-0.25, -0.2) is 4.98 Å². The molecule has 4 nitrogen and oxygen atoms in total. The molecule has 0 unspecified atom stereocenters. The van der Waals surface area contributed by atoms with E-state index in [2.05, 4.69) is 10.3 Å². The zero-order chi connectivity index (χ0) is 18.7. The average molecular weight is 387 g/mol. The van der Waals surface area contributed by atoms with Crippen LogP contribution in [0.5, 0.6) is 5.75 Å². The zero-order valence-electron chi connectivity index (χ0n) is 14.8. The topological polar surface area (TPSA) is 51.2 Å². The van der Waals surface area contributed by atoms with Crippen LogP contribution in [0, 0.1) is 20.8 Å². The number of rotatable bonds is 5. The normalized spacial score (nSPS) is 10.6. The number of carbonyl (C=O) groups excluding carboxylic acids is 1. The number of halogens is 1. The van der Waals surface area contributed by atoms with E-state index in [-0.39, 0.29) is 12.5 Å². The summed E-state index contributed by atoms with van der Waals surface area (Å²) in [5.41, 5.74) is 4.31. The monoisotopic (exact) mass is 386 g/mol. The van der Waals surface area contributed by atoms with Crippen molar-refractivity contribution in [3.05, 3.63) is 62.9 Å². The molecule has 0 bridgehead atoms. The number of benzene rings is 2. The lowest BCUT2D eigenvalue weighted by Gasteiger charge is -2.12. The van der Waals surface area contributed by atoms with Crippen LogP contribution >= 0.6 is 22.9 Å². The van der Waals surface area contributed by atoms with Crippen LogP contribution in [0.3, 0.4) is 0 Å². The second-order valence-corrected chi connectivity index (χ2v) is 7.45. The lowest BCUT2D eigenvalue weighted by Crippen LogP contribution is -2.20. The highest BCUT2D eigenvalue weighted by Gasteiger charge is 2.11. The summed E-state index contributed by atoms with van der Waals surface area (Å²) in [7, 11) is 0. The van der Waals surface area contributed by atoms with E-state index in [0.29, 0.717) is 10.8 Å². The summed E-state index contributed by atoms with van der Waals surface area (Å²) < 4.78 is 5.62. The summed E-state index contributed by atoms with van der Waals surface area (Å²) in [5.74, 6) is 0.401.